The average molecular weight is 199 g/mol. The Kier molecular flexibility index (Phi) is 1.28. The van der Waals surface area contributed by atoms with Gasteiger partial charge in [-0.05, 0) is 42.7 Å². The summed E-state index contributed by atoms with van der Waals surface area (Å²) in [6.07, 6.45) is 3.59. The van der Waals surface area contributed by atoms with Gasteiger partial charge in [0.05, 0.1) is 5.69 Å². The molecule has 76 valence electrons. The van der Waals surface area contributed by atoms with Gasteiger partial charge in [-0.25, -0.2) is 0 Å². The molecule has 2 unspecified atom stereocenters. The van der Waals surface area contributed by atoms with Crippen LogP contribution in [0, 0.1) is 5.92 Å². The predicted octanol–water partition coefficient (Wildman–Crippen LogP) is 3.05. The summed E-state index contributed by atoms with van der Waals surface area (Å²) in [5, 5.41) is 5.41. The standard InChI is InChI=1S/C13H13NO/c1-2-11-9-4-3-7-5-8-6-10(8)12(7)13(9)15-14-11/h3-4,8,10H,2,5-6H2,1H3. The number of nitrogens with zero attached hydrogens (tertiary/aromatic N) is 1. The smallest absolute Gasteiger partial charge is 0.170 e. The SMILES string of the molecule is CCc1noc2c3c(ccc12)CC1CC31. The van der Waals surface area contributed by atoms with Gasteiger partial charge in [-0.2, -0.15) is 0 Å². The highest BCUT2D eigenvalue weighted by Gasteiger charge is 2.46. The van der Waals surface area contributed by atoms with Crippen LogP contribution >= 0.6 is 0 Å². The van der Waals surface area contributed by atoms with E-state index in [1.54, 1.807) is 0 Å². The fourth-order valence-corrected chi connectivity index (χ4v) is 3.06. The number of fused-ring (bicyclic) bond motifs is 5. The third-order valence-corrected chi connectivity index (χ3v) is 3.95. The fourth-order valence-electron chi connectivity index (χ4n) is 3.06. The van der Waals surface area contributed by atoms with Crippen LogP contribution < -0.4 is 0 Å². The zero-order chi connectivity index (χ0) is 9.99. The molecule has 15 heavy (non-hydrogen) atoms. The molecule has 0 amide bonds. The molecule has 4 rings (SSSR count). The second-order valence-corrected chi connectivity index (χ2v) is 4.80. The lowest BCUT2D eigenvalue weighted by Gasteiger charge is -2.01. The Hall–Kier alpha value is -1.31. The quantitative estimate of drug-likeness (QED) is 0.705. The Morgan fingerprint density at radius 2 is 2.40 bits per heavy atom. The lowest BCUT2D eigenvalue weighted by Crippen LogP contribution is -1.87. The number of hydrogen-bond acceptors (Lipinski definition) is 2. The summed E-state index contributed by atoms with van der Waals surface area (Å²) in [4.78, 5) is 0. The van der Waals surface area contributed by atoms with Crippen LogP contribution in [-0.2, 0) is 12.8 Å². The largest absolute Gasteiger partial charge is 0.356 e. The molecule has 2 nitrogen and oxygen atoms in total. The molecule has 0 aliphatic heterocycles. The summed E-state index contributed by atoms with van der Waals surface area (Å²) in [6, 6.07) is 4.47. The van der Waals surface area contributed by atoms with E-state index in [1.165, 1.54) is 29.4 Å². The molecule has 2 aliphatic carbocycles. The van der Waals surface area contributed by atoms with Crippen molar-refractivity contribution < 1.29 is 4.52 Å². The molecule has 0 saturated heterocycles. The molecule has 1 aromatic heterocycles. The minimum absolute atomic E-state index is 0.793. The molecule has 1 heterocycles. The molecule has 0 spiro atoms. The number of benzene rings is 1. The second kappa shape index (κ2) is 2.43. The van der Waals surface area contributed by atoms with E-state index in [2.05, 4.69) is 24.2 Å². The van der Waals surface area contributed by atoms with Crippen LogP contribution in [0.3, 0.4) is 0 Å². The lowest BCUT2D eigenvalue weighted by atomic mass is 10.0. The summed E-state index contributed by atoms with van der Waals surface area (Å²) in [7, 11) is 0. The summed E-state index contributed by atoms with van der Waals surface area (Å²) in [5.74, 6) is 1.71. The first-order chi connectivity index (χ1) is 7.38. The van der Waals surface area contributed by atoms with Crippen LogP contribution in [0.2, 0.25) is 0 Å². The van der Waals surface area contributed by atoms with Crippen molar-refractivity contribution in [3.8, 4) is 0 Å². The molecule has 1 saturated carbocycles. The third kappa shape index (κ3) is 0.876. The van der Waals surface area contributed by atoms with Crippen LogP contribution in [0.5, 0.6) is 0 Å². The minimum atomic E-state index is 0.793. The number of aromatic nitrogens is 1. The van der Waals surface area contributed by atoms with Crippen molar-refractivity contribution in [2.24, 2.45) is 5.92 Å². The Morgan fingerprint density at radius 3 is 3.27 bits per heavy atom. The van der Waals surface area contributed by atoms with E-state index in [1.807, 2.05) is 0 Å². The molecular weight excluding hydrogens is 186 g/mol. The van der Waals surface area contributed by atoms with Gasteiger partial charge < -0.3 is 4.52 Å². The van der Waals surface area contributed by atoms with Crippen molar-refractivity contribution in [2.75, 3.05) is 0 Å². The molecule has 2 aromatic rings. The second-order valence-electron chi connectivity index (χ2n) is 4.80. The first-order valence-corrected chi connectivity index (χ1v) is 5.78. The van der Waals surface area contributed by atoms with E-state index < -0.39 is 0 Å². The maximum absolute atomic E-state index is 5.53. The zero-order valence-corrected chi connectivity index (χ0v) is 8.79. The molecular formula is C13H13NO. The van der Waals surface area contributed by atoms with Crippen LogP contribution in [0.4, 0.5) is 0 Å². The van der Waals surface area contributed by atoms with Crippen molar-refractivity contribution >= 4 is 11.0 Å². The molecule has 1 aromatic carbocycles. The predicted molar refractivity (Wildman–Crippen MR) is 57.9 cm³/mol. The topological polar surface area (TPSA) is 26.0 Å². The Balaban J connectivity index is 2.07. The molecule has 0 bridgehead atoms. The highest BCUT2D eigenvalue weighted by Crippen LogP contribution is 2.58. The van der Waals surface area contributed by atoms with E-state index in [-0.39, 0.29) is 0 Å². The van der Waals surface area contributed by atoms with E-state index >= 15 is 0 Å². The summed E-state index contributed by atoms with van der Waals surface area (Å²) in [5.41, 5.74) is 5.17. The first kappa shape index (κ1) is 7.91. The van der Waals surface area contributed by atoms with Gasteiger partial charge in [0.15, 0.2) is 5.58 Å². The van der Waals surface area contributed by atoms with Crippen molar-refractivity contribution in [2.45, 2.75) is 32.1 Å². The van der Waals surface area contributed by atoms with Crippen molar-refractivity contribution in [1.29, 1.82) is 0 Å². The Bertz CT molecular complexity index is 555. The average Bonchev–Trinajstić information content (AvgIpc) is 2.76. The van der Waals surface area contributed by atoms with Gasteiger partial charge in [-0.3, -0.25) is 0 Å². The minimum Gasteiger partial charge on any atom is -0.356 e. The van der Waals surface area contributed by atoms with Gasteiger partial charge in [0.25, 0.3) is 0 Å². The van der Waals surface area contributed by atoms with Crippen molar-refractivity contribution in [1.82, 2.24) is 5.16 Å². The van der Waals surface area contributed by atoms with Crippen LogP contribution in [0.25, 0.3) is 11.0 Å². The van der Waals surface area contributed by atoms with Gasteiger partial charge in [0.1, 0.15) is 0 Å². The summed E-state index contributed by atoms with van der Waals surface area (Å²) in [6.45, 7) is 2.13. The van der Waals surface area contributed by atoms with E-state index in [4.69, 9.17) is 4.52 Å². The summed E-state index contributed by atoms with van der Waals surface area (Å²) < 4.78 is 5.53. The molecule has 0 radical (unpaired) electrons. The van der Waals surface area contributed by atoms with E-state index in [0.29, 0.717) is 0 Å². The van der Waals surface area contributed by atoms with Gasteiger partial charge in [0, 0.05) is 10.9 Å². The van der Waals surface area contributed by atoms with Crippen molar-refractivity contribution in [3.63, 3.8) is 0 Å². The van der Waals surface area contributed by atoms with E-state index in [9.17, 15) is 0 Å². The normalized spacial score (nSPS) is 26.7. The molecule has 1 fully saturated rings. The monoisotopic (exact) mass is 199 g/mol. The van der Waals surface area contributed by atoms with Gasteiger partial charge >= 0.3 is 0 Å². The maximum Gasteiger partial charge on any atom is 0.170 e. The Morgan fingerprint density at radius 1 is 1.47 bits per heavy atom. The Labute approximate surface area is 88.3 Å². The highest BCUT2D eigenvalue weighted by molar-refractivity contribution is 5.85. The lowest BCUT2D eigenvalue weighted by molar-refractivity contribution is 0.445. The zero-order valence-electron chi connectivity index (χ0n) is 8.79. The molecule has 2 heteroatoms. The van der Waals surface area contributed by atoms with E-state index in [0.717, 1.165) is 29.5 Å². The highest BCUT2D eigenvalue weighted by atomic mass is 16.5. The van der Waals surface area contributed by atoms with Crippen molar-refractivity contribution in [3.05, 3.63) is 29.0 Å². The molecule has 0 N–H and O–H groups in total. The maximum atomic E-state index is 5.53. The summed E-state index contributed by atoms with van der Waals surface area (Å²) >= 11 is 0. The van der Waals surface area contributed by atoms with Crippen LogP contribution in [0.15, 0.2) is 16.7 Å². The third-order valence-electron chi connectivity index (χ3n) is 3.95. The van der Waals surface area contributed by atoms with Gasteiger partial charge in [0.2, 0.25) is 0 Å². The fraction of sp³-hybridized carbons (Fsp3) is 0.462. The number of hydrogen-bond donors (Lipinski definition) is 0. The number of rotatable bonds is 1. The first-order valence-electron chi connectivity index (χ1n) is 5.78. The van der Waals surface area contributed by atoms with Crippen LogP contribution in [0.1, 0.15) is 36.1 Å². The molecule has 2 aliphatic rings. The van der Waals surface area contributed by atoms with Gasteiger partial charge in [-0.15, -0.1) is 0 Å². The number of aryl methyl sites for hydroxylation is 1. The van der Waals surface area contributed by atoms with Gasteiger partial charge in [-0.1, -0.05) is 18.1 Å². The molecule has 2 atom stereocenters. The van der Waals surface area contributed by atoms with Crippen LogP contribution in [-0.4, -0.2) is 5.16 Å².